The summed E-state index contributed by atoms with van der Waals surface area (Å²) in [5.41, 5.74) is -1.47. The number of carbonyl (C=O) groups is 2. The fraction of sp³-hybridized carbons (Fsp3) is 0.409. The summed E-state index contributed by atoms with van der Waals surface area (Å²) in [6, 6.07) is 2.99. The maximum Gasteiger partial charge on any atom is 0.276 e. The molecule has 0 spiro atoms. The first-order valence-electron chi connectivity index (χ1n) is 10.5. The van der Waals surface area contributed by atoms with Gasteiger partial charge in [-0.2, -0.15) is 0 Å². The number of nitrogens with one attached hydrogen (secondary N) is 1. The molecule has 1 aromatic carbocycles. The van der Waals surface area contributed by atoms with E-state index < -0.39 is 40.9 Å². The average Bonchev–Trinajstić information content (AvgIpc) is 3.50. The molecule has 2 aliphatic carbocycles. The highest BCUT2D eigenvalue weighted by Crippen LogP contribution is 2.58. The number of hydrogen-bond acceptors (Lipinski definition) is 5. The van der Waals surface area contributed by atoms with Crippen LogP contribution in [0.3, 0.4) is 0 Å². The number of benzene rings is 1. The van der Waals surface area contributed by atoms with Crippen molar-refractivity contribution in [3.8, 4) is 5.75 Å². The van der Waals surface area contributed by atoms with Crippen molar-refractivity contribution >= 4 is 11.8 Å². The predicted octanol–water partition coefficient (Wildman–Crippen LogP) is 1.35. The van der Waals surface area contributed by atoms with Crippen molar-refractivity contribution in [2.75, 3.05) is 0 Å². The number of fused-ring (bicyclic) bond motifs is 8. The van der Waals surface area contributed by atoms with E-state index in [9.17, 15) is 28.3 Å². The largest absolute Gasteiger partial charge is 0.503 e. The van der Waals surface area contributed by atoms with E-state index in [1.54, 1.807) is 4.90 Å². The van der Waals surface area contributed by atoms with Gasteiger partial charge in [-0.15, -0.1) is 0 Å². The Hall–Kier alpha value is -3.27. The Balaban J connectivity index is 1.29. The summed E-state index contributed by atoms with van der Waals surface area (Å²) in [5, 5.41) is 12.9. The fourth-order valence-electron chi connectivity index (χ4n) is 5.47. The zero-order valence-corrected chi connectivity index (χ0v) is 16.8. The smallest absolute Gasteiger partial charge is 0.276 e. The molecule has 8 nitrogen and oxygen atoms in total. The van der Waals surface area contributed by atoms with E-state index in [1.807, 2.05) is 0 Å². The second kappa shape index (κ2) is 6.61. The van der Waals surface area contributed by atoms with Crippen molar-refractivity contribution in [3.05, 3.63) is 63.1 Å². The van der Waals surface area contributed by atoms with E-state index in [-0.39, 0.29) is 42.1 Å². The van der Waals surface area contributed by atoms with Crippen molar-refractivity contribution in [1.29, 1.82) is 0 Å². The van der Waals surface area contributed by atoms with Crippen molar-refractivity contribution in [2.45, 2.75) is 44.3 Å². The van der Waals surface area contributed by atoms with E-state index in [1.165, 1.54) is 16.8 Å². The maximum atomic E-state index is 13.8. The third-order valence-corrected chi connectivity index (χ3v) is 7.08. The number of pyridine rings is 1. The first-order chi connectivity index (χ1) is 15.3. The molecular formula is C22H19F2N3O5. The summed E-state index contributed by atoms with van der Waals surface area (Å²) in [6.45, 7) is -0.0916. The Labute approximate surface area is 180 Å². The second-order valence-electron chi connectivity index (χ2n) is 8.85. The zero-order valence-electron chi connectivity index (χ0n) is 16.8. The van der Waals surface area contributed by atoms with Crippen LogP contribution in [0.2, 0.25) is 0 Å². The highest BCUT2D eigenvalue weighted by Gasteiger charge is 2.63. The lowest BCUT2D eigenvalue weighted by atomic mass is 10.0. The van der Waals surface area contributed by atoms with Gasteiger partial charge in [-0.05, 0) is 30.7 Å². The average molecular weight is 443 g/mol. The highest BCUT2D eigenvalue weighted by molar-refractivity contribution is 5.99. The number of ether oxygens (including phenoxy) is 1. The van der Waals surface area contributed by atoms with Crippen LogP contribution in [-0.2, 0) is 17.8 Å². The number of aromatic nitrogens is 1. The van der Waals surface area contributed by atoms with Crippen molar-refractivity contribution in [2.24, 2.45) is 11.8 Å². The van der Waals surface area contributed by atoms with E-state index >= 15 is 0 Å². The third-order valence-electron chi connectivity index (χ3n) is 7.08. The molecule has 2 amide bonds. The summed E-state index contributed by atoms with van der Waals surface area (Å²) in [6.07, 6.45) is 2.62. The van der Waals surface area contributed by atoms with Gasteiger partial charge in [0.05, 0.1) is 12.6 Å². The Morgan fingerprint density at radius 2 is 2.03 bits per heavy atom. The Kier molecular flexibility index (Phi) is 4.01. The molecule has 2 aromatic rings. The molecule has 4 aliphatic rings. The van der Waals surface area contributed by atoms with Gasteiger partial charge in [0.2, 0.25) is 5.43 Å². The monoisotopic (exact) mass is 443 g/mol. The highest BCUT2D eigenvalue weighted by atomic mass is 19.1. The number of carbonyl (C=O) groups excluding carboxylic acids is 2. The van der Waals surface area contributed by atoms with Crippen molar-refractivity contribution in [1.82, 2.24) is 14.8 Å². The van der Waals surface area contributed by atoms with Crippen LogP contribution in [0.15, 0.2) is 29.2 Å². The van der Waals surface area contributed by atoms with Crippen LogP contribution >= 0.6 is 0 Å². The lowest BCUT2D eigenvalue weighted by Gasteiger charge is -2.45. The normalized spacial score (nSPS) is 29.2. The number of amides is 2. The molecule has 1 unspecified atom stereocenters. The molecule has 0 radical (unpaired) electrons. The molecule has 3 fully saturated rings. The third kappa shape index (κ3) is 2.72. The SMILES string of the molecule is O=C(NCc1ccc(F)cc1F)c1cn2c(c(O)c1=O)C(=O)N1[C@H](C2)O[C@@H]2C[C@H]1C1C[C@H]12. The number of nitrogens with zero attached hydrogens (tertiary/aromatic N) is 2. The lowest BCUT2D eigenvalue weighted by molar-refractivity contribution is -0.144. The minimum absolute atomic E-state index is 0.0394. The van der Waals surface area contributed by atoms with Gasteiger partial charge in [-0.3, -0.25) is 14.4 Å². The summed E-state index contributed by atoms with van der Waals surface area (Å²) in [4.78, 5) is 40.1. The summed E-state index contributed by atoms with van der Waals surface area (Å²) >= 11 is 0. The number of aromatic hydroxyl groups is 1. The lowest BCUT2D eigenvalue weighted by Crippen LogP contribution is -2.58. The van der Waals surface area contributed by atoms with Crippen LogP contribution in [0, 0.1) is 23.5 Å². The van der Waals surface area contributed by atoms with Crippen molar-refractivity contribution in [3.63, 3.8) is 0 Å². The van der Waals surface area contributed by atoms with Crippen LogP contribution in [0.1, 0.15) is 39.3 Å². The van der Waals surface area contributed by atoms with E-state index in [0.717, 1.165) is 18.9 Å². The van der Waals surface area contributed by atoms with E-state index in [4.69, 9.17) is 4.74 Å². The molecule has 32 heavy (non-hydrogen) atoms. The molecule has 6 rings (SSSR count). The Morgan fingerprint density at radius 1 is 1.22 bits per heavy atom. The minimum Gasteiger partial charge on any atom is -0.503 e. The molecular weight excluding hydrogens is 424 g/mol. The maximum absolute atomic E-state index is 13.8. The van der Waals surface area contributed by atoms with Crippen LogP contribution in [0.25, 0.3) is 0 Å². The van der Waals surface area contributed by atoms with Gasteiger partial charge in [0.25, 0.3) is 11.8 Å². The van der Waals surface area contributed by atoms with Gasteiger partial charge in [0.1, 0.15) is 17.2 Å². The van der Waals surface area contributed by atoms with Gasteiger partial charge >= 0.3 is 0 Å². The van der Waals surface area contributed by atoms with Crippen LogP contribution in [0.4, 0.5) is 8.78 Å². The molecule has 2 aliphatic heterocycles. The number of halogens is 2. The van der Waals surface area contributed by atoms with Gasteiger partial charge < -0.3 is 24.6 Å². The molecule has 10 heteroatoms. The number of rotatable bonds is 3. The second-order valence-corrected chi connectivity index (χ2v) is 8.85. The Bertz CT molecular complexity index is 1240. The van der Waals surface area contributed by atoms with Gasteiger partial charge in [0.15, 0.2) is 17.7 Å². The standard InChI is InChI=1S/C22H19F2N3O5/c23-10-2-1-9(14(24)3-10)6-25-21(30)13-7-26-8-17-27(22(31)18(26)20(29)19(13)28)15-5-16(32-17)12-4-11(12)15/h1-3,7,11-12,15-17,29H,4-6,8H2,(H,25,30)/t11?,12-,15+,16-,17+/m1/s1. The summed E-state index contributed by atoms with van der Waals surface area (Å²) < 4.78 is 34.4. The summed E-state index contributed by atoms with van der Waals surface area (Å²) in [5.74, 6) is -2.82. The van der Waals surface area contributed by atoms with E-state index in [0.29, 0.717) is 17.9 Å². The molecule has 1 aromatic heterocycles. The Morgan fingerprint density at radius 3 is 2.81 bits per heavy atom. The van der Waals surface area contributed by atoms with Gasteiger partial charge in [-0.1, -0.05) is 6.07 Å². The molecule has 1 saturated heterocycles. The van der Waals surface area contributed by atoms with Crippen LogP contribution in [-0.4, -0.2) is 44.8 Å². The van der Waals surface area contributed by atoms with Crippen LogP contribution < -0.4 is 10.7 Å². The van der Waals surface area contributed by atoms with Crippen molar-refractivity contribution < 1.29 is 28.2 Å². The fourth-order valence-corrected chi connectivity index (χ4v) is 5.47. The van der Waals surface area contributed by atoms with Crippen LogP contribution in [0.5, 0.6) is 5.75 Å². The quantitative estimate of drug-likeness (QED) is 0.746. The molecule has 5 atom stereocenters. The van der Waals surface area contributed by atoms with E-state index in [2.05, 4.69) is 5.32 Å². The molecule has 3 heterocycles. The molecule has 166 valence electrons. The first kappa shape index (κ1) is 19.4. The number of hydrogen-bond donors (Lipinski definition) is 2. The molecule has 2 saturated carbocycles. The topological polar surface area (TPSA) is 101 Å². The minimum atomic E-state index is -0.980. The predicted molar refractivity (Wildman–Crippen MR) is 105 cm³/mol. The molecule has 2 bridgehead atoms. The van der Waals surface area contributed by atoms with Gasteiger partial charge in [0, 0.05) is 30.4 Å². The first-order valence-corrected chi connectivity index (χ1v) is 10.5. The molecule has 2 N–H and O–H groups in total. The van der Waals surface area contributed by atoms with Gasteiger partial charge in [-0.25, -0.2) is 8.78 Å². The summed E-state index contributed by atoms with van der Waals surface area (Å²) in [7, 11) is 0. The zero-order chi connectivity index (χ0) is 22.3.